The molecule has 0 saturated heterocycles. The molecule has 0 aliphatic heterocycles. The van der Waals surface area contributed by atoms with Crippen molar-refractivity contribution < 1.29 is 0 Å². The van der Waals surface area contributed by atoms with Crippen LogP contribution in [0.5, 0.6) is 0 Å². The van der Waals surface area contributed by atoms with Crippen LogP contribution in [0.15, 0.2) is 73.2 Å². The molecule has 0 atom stereocenters. The van der Waals surface area contributed by atoms with Crippen LogP contribution in [0.25, 0.3) is 49.6 Å². The molecule has 0 spiro atoms. The zero-order valence-corrected chi connectivity index (χ0v) is 14.9. The smallest absolute Gasteiger partial charge is 0.146 e. The van der Waals surface area contributed by atoms with Crippen LogP contribution in [0.2, 0.25) is 0 Å². The van der Waals surface area contributed by atoms with E-state index in [9.17, 15) is 0 Å². The lowest BCUT2D eigenvalue weighted by molar-refractivity contribution is 1.25. The van der Waals surface area contributed by atoms with E-state index < -0.39 is 0 Å². The first kappa shape index (κ1) is 14.3. The average molecular weight is 358 g/mol. The Morgan fingerprint density at radius 3 is 2.75 bits per heavy atom. The molecule has 0 saturated carbocycles. The first-order valence-electron chi connectivity index (χ1n) is 9.42. The second-order valence-electron chi connectivity index (χ2n) is 7.40. The van der Waals surface area contributed by atoms with Gasteiger partial charge in [-0.05, 0) is 59.0 Å². The van der Waals surface area contributed by atoms with Crippen molar-refractivity contribution in [1.82, 2.24) is 19.4 Å². The standard InChI is InChI=1S/C24H14N4/c1-2-5-16-14(4-1)10-15-11-19-18(12-17(15)16)23-21(6-3-8-26-23)28-22-13-25-9-7-20(22)27-24(19)28/h1-9,11-13H,10H2. The summed E-state index contributed by atoms with van der Waals surface area (Å²) in [7, 11) is 0. The fourth-order valence-electron chi connectivity index (χ4n) is 4.70. The summed E-state index contributed by atoms with van der Waals surface area (Å²) in [6.45, 7) is 0. The van der Waals surface area contributed by atoms with Gasteiger partial charge < -0.3 is 0 Å². The molecule has 7 rings (SSSR count). The predicted molar refractivity (Wildman–Crippen MR) is 112 cm³/mol. The Morgan fingerprint density at radius 2 is 1.75 bits per heavy atom. The Kier molecular flexibility index (Phi) is 2.51. The minimum absolute atomic E-state index is 0.955. The van der Waals surface area contributed by atoms with E-state index in [0.717, 1.165) is 44.9 Å². The minimum atomic E-state index is 0.955. The number of pyridine rings is 3. The van der Waals surface area contributed by atoms with Crippen molar-refractivity contribution in [3.8, 4) is 11.1 Å². The molecule has 2 aromatic carbocycles. The number of benzene rings is 2. The van der Waals surface area contributed by atoms with Gasteiger partial charge in [0, 0.05) is 23.2 Å². The lowest BCUT2D eigenvalue weighted by Gasteiger charge is -2.10. The van der Waals surface area contributed by atoms with E-state index in [0.29, 0.717) is 0 Å². The van der Waals surface area contributed by atoms with Gasteiger partial charge in [0.05, 0.1) is 28.3 Å². The normalized spacial score (nSPS) is 12.9. The van der Waals surface area contributed by atoms with Crippen LogP contribution < -0.4 is 0 Å². The summed E-state index contributed by atoms with van der Waals surface area (Å²) in [6.07, 6.45) is 6.52. The molecule has 130 valence electrons. The number of hydrogen-bond donors (Lipinski definition) is 0. The largest absolute Gasteiger partial charge is 0.289 e. The van der Waals surface area contributed by atoms with E-state index in [1.165, 1.54) is 22.3 Å². The Balaban J connectivity index is 1.74. The molecule has 4 heterocycles. The van der Waals surface area contributed by atoms with Gasteiger partial charge in [0.1, 0.15) is 5.65 Å². The third kappa shape index (κ3) is 1.68. The number of hydrogen-bond acceptors (Lipinski definition) is 3. The molecule has 4 nitrogen and oxygen atoms in total. The fraction of sp³-hybridized carbons (Fsp3) is 0.0417. The Bertz CT molecular complexity index is 1590. The summed E-state index contributed by atoms with van der Waals surface area (Å²) in [4.78, 5) is 14.0. The van der Waals surface area contributed by atoms with Crippen LogP contribution in [0.4, 0.5) is 0 Å². The first-order chi connectivity index (χ1) is 13.9. The molecule has 0 bridgehead atoms. The van der Waals surface area contributed by atoms with Crippen molar-refractivity contribution in [2.45, 2.75) is 6.42 Å². The van der Waals surface area contributed by atoms with Crippen molar-refractivity contribution in [1.29, 1.82) is 0 Å². The van der Waals surface area contributed by atoms with Gasteiger partial charge in [0.25, 0.3) is 0 Å². The Labute approximate surface area is 160 Å². The van der Waals surface area contributed by atoms with Gasteiger partial charge in [0.15, 0.2) is 0 Å². The molecule has 4 heteroatoms. The minimum Gasteiger partial charge on any atom is -0.289 e. The van der Waals surface area contributed by atoms with Crippen molar-refractivity contribution in [2.24, 2.45) is 0 Å². The molecule has 1 aliphatic carbocycles. The lowest BCUT2D eigenvalue weighted by Crippen LogP contribution is -1.94. The van der Waals surface area contributed by atoms with Gasteiger partial charge in [0.2, 0.25) is 0 Å². The highest BCUT2D eigenvalue weighted by molar-refractivity contribution is 6.14. The van der Waals surface area contributed by atoms with E-state index in [1.807, 2.05) is 24.5 Å². The molecule has 6 aromatic rings. The van der Waals surface area contributed by atoms with Gasteiger partial charge in [-0.1, -0.05) is 24.3 Å². The monoisotopic (exact) mass is 358 g/mol. The van der Waals surface area contributed by atoms with E-state index in [4.69, 9.17) is 9.97 Å². The number of rotatable bonds is 0. The fourth-order valence-corrected chi connectivity index (χ4v) is 4.70. The molecule has 4 aromatic heterocycles. The summed E-state index contributed by atoms with van der Waals surface area (Å²) in [6, 6.07) is 19.4. The molecule has 28 heavy (non-hydrogen) atoms. The van der Waals surface area contributed by atoms with Crippen molar-refractivity contribution in [3.63, 3.8) is 0 Å². The van der Waals surface area contributed by atoms with E-state index in [2.05, 4.69) is 51.8 Å². The number of nitrogens with zero attached hydrogens (tertiary/aromatic N) is 4. The lowest BCUT2D eigenvalue weighted by atomic mass is 10.00. The Morgan fingerprint density at radius 1 is 0.786 bits per heavy atom. The van der Waals surface area contributed by atoms with Gasteiger partial charge >= 0.3 is 0 Å². The molecular weight excluding hydrogens is 344 g/mol. The number of aromatic nitrogens is 4. The third-order valence-electron chi connectivity index (χ3n) is 5.91. The van der Waals surface area contributed by atoms with Crippen LogP contribution in [0.3, 0.4) is 0 Å². The highest BCUT2D eigenvalue weighted by atomic mass is 15.0. The summed E-state index contributed by atoms with van der Waals surface area (Å²) >= 11 is 0. The summed E-state index contributed by atoms with van der Waals surface area (Å²) < 4.78 is 2.20. The third-order valence-corrected chi connectivity index (χ3v) is 5.91. The van der Waals surface area contributed by atoms with Gasteiger partial charge in [-0.15, -0.1) is 0 Å². The predicted octanol–water partition coefficient (Wildman–Crippen LogP) is 5.16. The number of fused-ring (bicyclic) bond motifs is 11. The molecule has 0 fully saturated rings. The van der Waals surface area contributed by atoms with Gasteiger partial charge in [-0.3, -0.25) is 14.4 Å². The maximum atomic E-state index is 4.96. The second-order valence-corrected chi connectivity index (χ2v) is 7.40. The zero-order chi connectivity index (χ0) is 18.2. The maximum Gasteiger partial charge on any atom is 0.146 e. The second kappa shape index (κ2) is 4.93. The number of imidazole rings is 1. The van der Waals surface area contributed by atoms with E-state index in [-0.39, 0.29) is 0 Å². The van der Waals surface area contributed by atoms with E-state index >= 15 is 0 Å². The van der Waals surface area contributed by atoms with Gasteiger partial charge in [-0.25, -0.2) is 4.98 Å². The van der Waals surface area contributed by atoms with Crippen LogP contribution >= 0.6 is 0 Å². The van der Waals surface area contributed by atoms with Crippen LogP contribution in [-0.4, -0.2) is 19.4 Å². The van der Waals surface area contributed by atoms with Crippen LogP contribution in [0.1, 0.15) is 11.1 Å². The molecular formula is C24H14N4. The van der Waals surface area contributed by atoms with Crippen molar-refractivity contribution in [3.05, 3.63) is 84.3 Å². The van der Waals surface area contributed by atoms with E-state index in [1.54, 1.807) is 6.20 Å². The summed E-state index contributed by atoms with van der Waals surface area (Å²) in [5.41, 5.74) is 10.4. The molecule has 0 unspecified atom stereocenters. The van der Waals surface area contributed by atoms with Crippen LogP contribution in [-0.2, 0) is 6.42 Å². The van der Waals surface area contributed by atoms with Crippen molar-refractivity contribution in [2.75, 3.05) is 0 Å². The zero-order valence-electron chi connectivity index (χ0n) is 14.9. The summed E-state index contributed by atoms with van der Waals surface area (Å²) in [5.74, 6) is 0. The molecule has 1 aliphatic rings. The SMILES string of the molecule is c1ccc2c(c1)Cc1cc3c(cc1-2)c1ncccc1n1c2cnccc2nc31. The topological polar surface area (TPSA) is 43.1 Å². The highest BCUT2D eigenvalue weighted by Gasteiger charge is 2.22. The molecule has 0 amide bonds. The quantitative estimate of drug-likeness (QED) is 0.352. The molecule has 0 N–H and O–H groups in total. The average Bonchev–Trinajstić information content (AvgIpc) is 3.31. The maximum absolute atomic E-state index is 4.96. The first-order valence-corrected chi connectivity index (χ1v) is 9.42. The summed E-state index contributed by atoms with van der Waals surface area (Å²) in [5, 5.41) is 2.30. The highest BCUT2D eigenvalue weighted by Crippen LogP contribution is 2.41. The molecule has 0 radical (unpaired) electrons. The van der Waals surface area contributed by atoms with Crippen LogP contribution in [0, 0.1) is 0 Å². The van der Waals surface area contributed by atoms with Gasteiger partial charge in [-0.2, -0.15) is 0 Å². The van der Waals surface area contributed by atoms with Crippen molar-refractivity contribution >= 4 is 38.5 Å². The Hall–Kier alpha value is -3.79.